The fourth-order valence-electron chi connectivity index (χ4n) is 3.85. The Kier molecular flexibility index (Phi) is 8.93. The van der Waals surface area contributed by atoms with Crippen LogP contribution in [0.5, 0.6) is 0 Å². The molecule has 2 aromatic rings. The first-order valence-electron chi connectivity index (χ1n) is 10.7. The molecule has 0 N–H and O–H groups in total. The van der Waals surface area contributed by atoms with E-state index in [1.807, 2.05) is 35.8 Å². The SMILES string of the molecule is CC1CC[C@H](c2ccc3sc(C4=CCN(C(=O)OC(C)(C)C)CC4)nc3c2)[N-]C1.[I][Os]. The van der Waals surface area contributed by atoms with Crippen molar-refractivity contribution in [3.8, 4) is 0 Å². The third-order valence-electron chi connectivity index (χ3n) is 5.50. The molecule has 4 rings (SSSR count). The number of hydrogen-bond acceptors (Lipinski definition) is 4. The Bertz CT molecular complexity index is 933. The molecule has 1 fully saturated rings. The Morgan fingerprint density at radius 1 is 1.32 bits per heavy atom. The van der Waals surface area contributed by atoms with Gasteiger partial charge in [0.05, 0.1) is 10.2 Å². The molecule has 0 aliphatic carbocycles. The number of carbonyl (C=O) groups excluding carboxylic acids is 1. The molecule has 2 atom stereocenters. The van der Waals surface area contributed by atoms with Gasteiger partial charge in [-0.1, -0.05) is 43.4 Å². The standard InChI is InChI=1S/C23H30N3O2S.HI.Os/c1-15-5-7-18(24-14-15)17-6-8-20-19(13-17)25-21(29-20)16-9-11-26(12-10-16)22(27)28-23(2,3)4;;/h6,8-9,13,15,18H,5,7,10-12,14H2,1-4H3;1H;/q-1;;+1/p-1/t15?,18-;;/m1../s1. The summed E-state index contributed by atoms with van der Waals surface area (Å²) in [6, 6.07) is 6.94. The average molecular weight is 730 g/mol. The van der Waals surface area contributed by atoms with Gasteiger partial charge in [-0.2, -0.15) is 0 Å². The minimum absolute atomic E-state index is 0.243. The molecule has 0 spiro atoms. The van der Waals surface area contributed by atoms with Crippen LogP contribution in [0.4, 0.5) is 4.79 Å². The number of carbonyl (C=O) groups is 1. The van der Waals surface area contributed by atoms with Crippen molar-refractivity contribution < 1.29 is 24.6 Å². The summed E-state index contributed by atoms with van der Waals surface area (Å²) in [4.78, 5) is 18.9. The van der Waals surface area contributed by atoms with Crippen LogP contribution in [-0.2, 0) is 19.8 Å². The number of halogens is 1. The molecule has 1 aromatic heterocycles. The van der Waals surface area contributed by atoms with E-state index < -0.39 is 5.60 Å². The second-order valence-electron chi connectivity index (χ2n) is 9.22. The van der Waals surface area contributed by atoms with Crippen LogP contribution < -0.4 is 0 Å². The van der Waals surface area contributed by atoms with Crippen LogP contribution in [0.15, 0.2) is 24.3 Å². The molecule has 1 saturated heterocycles. The van der Waals surface area contributed by atoms with E-state index in [0.717, 1.165) is 29.9 Å². The van der Waals surface area contributed by atoms with Crippen molar-refractivity contribution in [3.63, 3.8) is 0 Å². The molecular formula is C23H30IN3O2OsS-. The first-order chi connectivity index (χ1) is 14.8. The van der Waals surface area contributed by atoms with E-state index in [4.69, 9.17) is 15.0 Å². The van der Waals surface area contributed by atoms with Gasteiger partial charge >= 0.3 is 40.8 Å². The van der Waals surface area contributed by atoms with Gasteiger partial charge in [-0.25, -0.2) is 9.78 Å². The zero-order chi connectivity index (χ0) is 22.6. The van der Waals surface area contributed by atoms with E-state index in [2.05, 4.69) is 50.9 Å². The van der Waals surface area contributed by atoms with Gasteiger partial charge in [0, 0.05) is 13.1 Å². The van der Waals surface area contributed by atoms with Crippen molar-refractivity contribution in [3.05, 3.63) is 40.2 Å². The van der Waals surface area contributed by atoms with Crippen LogP contribution in [-0.4, -0.2) is 41.2 Å². The Morgan fingerprint density at radius 2 is 2.10 bits per heavy atom. The Balaban J connectivity index is 0.00000132. The van der Waals surface area contributed by atoms with Crippen molar-refractivity contribution in [2.45, 2.75) is 58.6 Å². The van der Waals surface area contributed by atoms with Crippen LogP contribution in [0.2, 0.25) is 0 Å². The van der Waals surface area contributed by atoms with Crippen molar-refractivity contribution in [1.29, 1.82) is 0 Å². The summed E-state index contributed by atoms with van der Waals surface area (Å²) in [6.45, 7) is 10.2. The van der Waals surface area contributed by atoms with Gasteiger partial charge in [0.1, 0.15) is 10.6 Å². The number of benzene rings is 1. The van der Waals surface area contributed by atoms with E-state index in [1.165, 1.54) is 22.3 Å². The summed E-state index contributed by atoms with van der Waals surface area (Å²) in [5.74, 6) is 0.708. The Hall–Kier alpha value is -0.554. The molecule has 0 saturated carbocycles. The molecule has 3 heterocycles. The predicted molar refractivity (Wildman–Crippen MR) is 133 cm³/mol. The van der Waals surface area contributed by atoms with E-state index in [1.54, 1.807) is 16.2 Å². The maximum atomic E-state index is 12.3. The van der Waals surface area contributed by atoms with Crippen LogP contribution in [0.3, 0.4) is 0 Å². The summed E-state index contributed by atoms with van der Waals surface area (Å²) in [5.41, 5.74) is 3.11. The molecule has 31 heavy (non-hydrogen) atoms. The van der Waals surface area contributed by atoms with Crippen LogP contribution in [0, 0.1) is 5.92 Å². The molecule has 2 aliphatic rings. The fourth-order valence-corrected chi connectivity index (χ4v) is 4.86. The molecule has 8 heteroatoms. The van der Waals surface area contributed by atoms with Crippen molar-refractivity contribution in [2.75, 3.05) is 19.6 Å². The molecule has 171 valence electrons. The first kappa shape index (κ1) is 25.1. The number of fused-ring (bicyclic) bond motifs is 1. The molecule has 2 aliphatic heterocycles. The van der Waals surface area contributed by atoms with Crippen LogP contribution in [0.25, 0.3) is 21.1 Å². The third kappa shape index (κ3) is 6.72. The zero-order valence-corrected chi connectivity index (χ0v) is 24.0. The summed E-state index contributed by atoms with van der Waals surface area (Å²) in [6.07, 6.45) is 5.06. The van der Waals surface area contributed by atoms with E-state index >= 15 is 0 Å². The Morgan fingerprint density at radius 3 is 2.71 bits per heavy atom. The molecule has 0 radical (unpaired) electrons. The van der Waals surface area contributed by atoms with Crippen molar-refractivity contribution in [1.82, 2.24) is 9.88 Å². The Labute approximate surface area is 210 Å². The van der Waals surface area contributed by atoms with Gasteiger partial charge in [-0.05, 0) is 44.9 Å². The number of piperidine rings is 1. The molecule has 1 aromatic carbocycles. The van der Waals surface area contributed by atoms with Crippen molar-refractivity contribution in [2.24, 2.45) is 5.92 Å². The van der Waals surface area contributed by atoms with Gasteiger partial charge in [0.25, 0.3) is 0 Å². The number of aromatic nitrogens is 1. The maximum absolute atomic E-state index is 12.3. The van der Waals surface area contributed by atoms with Gasteiger partial charge in [-0.3, -0.25) is 0 Å². The van der Waals surface area contributed by atoms with E-state index in [-0.39, 0.29) is 6.09 Å². The van der Waals surface area contributed by atoms with Gasteiger partial charge in [0.2, 0.25) is 0 Å². The first-order valence-corrected chi connectivity index (χ1v) is 18.7. The molecule has 5 nitrogen and oxygen atoms in total. The normalized spacial score (nSPS) is 21.9. The third-order valence-corrected chi connectivity index (χ3v) is 6.61. The number of amides is 1. The summed E-state index contributed by atoms with van der Waals surface area (Å²) in [5, 5.41) is 5.91. The molecule has 0 bridgehead atoms. The topological polar surface area (TPSA) is 56.5 Å². The summed E-state index contributed by atoms with van der Waals surface area (Å²) in [7, 11) is 0. The molecule has 1 unspecified atom stereocenters. The number of nitrogens with zero attached hydrogens (tertiary/aromatic N) is 3. The average Bonchev–Trinajstić information content (AvgIpc) is 3.18. The van der Waals surface area contributed by atoms with E-state index in [9.17, 15) is 4.79 Å². The molecular weight excluding hydrogens is 699 g/mol. The second kappa shape index (κ2) is 11.0. The van der Waals surface area contributed by atoms with Gasteiger partial charge in [0.15, 0.2) is 0 Å². The minimum atomic E-state index is -0.464. The van der Waals surface area contributed by atoms with Crippen LogP contribution >= 0.6 is 31.0 Å². The zero-order valence-electron chi connectivity index (χ0n) is 18.5. The summed E-state index contributed by atoms with van der Waals surface area (Å²) >= 11 is 5.74. The second-order valence-corrected chi connectivity index (χ2v) is 10.2. The van der Waals surface area contributed by atoms with E-state index in [0.29, 0.717) is 25.0 Å². The monoisotopic (exact) mass is 731 g/mol. The summed E-state index contributed by atoms with van der Waals surface area (Å²) < 4.78 is 6.69. The quantitative estimate of drug-likeness (QED) is 0.312. The van der Waals surface area contributed by atoms with Gasteiger partial charge in [-0.15, -0.1) is 23.9 Å². The van der Waals surface area contributed by atoms with Crippen LogP contribution in [0.1, 0.15) is 63.6 Å². The fraction of sp³-hybridized carbons (Fsp3) is 0.565. The number of rotatable bonds is 2. The number of ether oxygens (including phenoxy) is 1. The predicted octanol–water partition coefficient (Wildman–Crippen LogP) is 7.05. The molecule has 1 amide bonds. The number of thiazole rings is 1. The van der Waals surface area contributed by atoms with Crippen molar-refractivity contribution >= 4 is 52.9 Å². The number of hydrogen-bond donors (Lipinski definition) is 0. The van der Waals surface area contributed by atoms with Gasteiger partial charge < -0.3 is 15.0 Å².